The second-order valence-electron chi connectivity index (χ2n) is 4.98. The van der Waals surface area contributed by atoms with Gasteiger partial charge in [-0.25, -0.2) is 0 Å². The summed E-state index contributed by atoms with van der Waals surface area (Å²) < 4.78 is 10.4. The van der Waals surface area contributed by atoms with E-state index in [1.807, 2.05) is 0 Å². The third-order valence-corrected chi connectivity index (χ3v) is 3.76. The molecule has 0 heterocycles. The summed E-state index contributed by atoms with van der Waals surface area (Å²) in [5.74, 6) is -0.179. The van der Waals surface area contributed by atoms with E-state index in [1.165, 1.54) is 19.3 Å². The van der Waals surface area contributed by atoms with E-state index in [-0.39, 0.29) is 12.4 Å². The third-order valence-electron chi connectivity index (χ3n) is 3.20. The molecule has 0 aliphatic rings. The van der Waals surface area contributed by atoms with Crippen molar-refractivity contribution >= 4 is 41.0 Å². The van der Waals surface area contributed by atoms with Crippen LogP contribution in [0.15, 0.2) is 42.5 Å². The Morgan fingerprint density at radius 1 is 1.16 bits per heavy atom. The Morgan fingerprint density at radius 2 is 1.92 bits per heavy atom. The fraction of sp³-hybridized carbons (Fsp3) is 0.111. The first kappa shape index (κ1) is 18.8. The van der Waals surface area contributed by atoms with Crippen LogP contribution in [0.2, 0.25) is 10.0 Å². The number of nitrogens with two attached hydrogens (primary N) is 1. The van der Waals surface area contributed by atoms with Crippen molar-refractivity contribution in [1.29, 1.82) is 0 Å². The summed E-state index contributed by atoms with van der Waals surface area (Å²) in [6.07, 6.45) is 2.98. The van der Waals surface area contributed by atoms with E-state index in [9.17, 15) is 9.59 Å². The molecule has 0 radical (unpaired) electrons. The zero-order chi connectivity index (χ0) is 18.4. The number of ketones is 1. The third kappa shape index (κ3) is 5.24. The van der Waals surface area contributed by atoms with Crippen molar-refractivity contribution in [2.75, 3.05) is 13.7 Å². The highest BCUT2D eigenvalue weighted by Crippen LogP contribution is 2.26. The van der Waals surface area contributed by atoms with Gasteiger partial charge < -0.3 is 15.2 Å². The molecule has 0 bridgehead atoms. The highest BCUT2D eigenvalue weighted by Gasteiger charge is 2.12. The topological polar surface area (TPSA) is 78.6 Å². The van der Waals surface area contributed by atoms with E-state index in [2.05, 4.69) is 0 Å². The van der Waals surface area contributed by atoms with Crippen LogP contribution in [0.5, 0.6) is 11.5 Å². The van der Waals surface area contributed by atoms with Gasteiger partial charge in [0.05, 0.1) is 12.7 Å². The standard InChI is InChI=1S/C18H15Cl2NO4/c1-24-17-9-13(25-10-18(21)23)5-6-14(17)16(22)7-3-11-2-4-12(19)8-15(11)20/h2-9H,10H2,1H3,(H2,21,23)/b7-3+. The van der Waals surface area contributed by atoms with Crippen LogP contribution < -0.4 is 15.2 Å². The molecule has 0 aliphatic carbocycles. The number of primary amides is 1. The Kier molecular flexibility index (Phi) is 6.44. The molecule has 1 amide bonds. The van der Waals surface area contributed by atoms with E-state index in [0.29, 0.717) is 32.7 Å². The highest BCUT2D eigenvalue weighted by atomic mass is 35.5. The van der Waals surface area contributed by atoms with Gasteiger partial charge >= 0.3 is 0 Å². The molecule has 0 unspecified atom stereocenters. The van der Waals surface area contributed by atoms with Crippen LogP contribution in [0.25, 0.3) is 6.08 Å². The smallest absolute Gasteiger partial charge is 0.255 e. The van der Waals surface area contributed by atoms with Gasteiger partial charge in [0.25, 0.3) is 5.91 Å². The van der Waals surface area contributed by atoms with E-state index in [1.54, 1.807) is 36.4 Å². The zero-order valence-corrected chi connectivity index (χ0v) is 14.8. The molecule has 0 fully saturated rings. The summed E-state index contributed by atoms with van der Waals surface area (Å²) in [7, 11) is 1.43. The molecule has 2 aromatic carbocycles. The number of carbonyl (C=O) groups is 2. The van der Waals surface area contributed by atoms with Gasteiger partial charge in [-0.1, -0.05) is 29.3 Å². The summed E-state index contributed by atoms with van der Waals surface area (Å²) in [5, 5.41) is 0.959. The number of benzene rings is 2. The molecule has 0 saturated heterocycles. The minimum absolute atomic E-state index is 0.259. The van der Waals surface area contributed by atoms with E-state index < -0.39 is 5.91 Å². The van der Waals surface area contributed by atoms with Gasteiger partial charge in [0.1, 0.15) is 11.5 Å². The number of ether oxygens (including phenoxy) is 2. The van der Waals surface area contributed by atoms with Crippen LogP contribution in [-0.4, -0.2) is 25.4 Å². The normalized spacial score (nSPS) is 10.7. The molecular weight excluding hydrogens is 365 g/mol. The fourth-order valence-electron chi connectivity index (χ4n) is 2.01. The van der Waals surface area contributed by atoms with Gasteiger partial charge in [-0.3, -0.25) is 9.59 Å². The molecule has 0 aliphatic heterocycles. The Hall–Kier alpha value is -2.50. The van der Waals surface area contributed by atoms with Crippen LogP contribution >= 0.6 is 23.2 Å². The first-order chi connectivity index (χ1) is 11.9. The Morgan fingerprint density at radius 3 is 2.56 bits per heavy atom. The molecule has 7 heteroatoms. The summed E-state index contributed by atoms with van der Waals surface area (Å²) in [6.45, 7) is -0.259. The summed E-state index contributed by atoms with van der Waals surface area (Å²) in [5.41, 5.74) is 6.04. The maximum Gasteiger partial charge on any atom is 0.255 e. The number of hydrogen-bond donors (Lipinski definition) is 1. The predicted molar refractivity (Wildman–Crippen MR) is 97.5 cm³/mol. The molecule has 2 N–H and O–H groups in total. The van der Waals surface area contributed by atoms with Gasteiger partial charge in [0.15, 0.2) is 12.4 Å². The molecule has 0 spiro atoms. The van der Waals surface area contributed by atoms with Crippen molar-refractivity contribution in [3.05, 3.63) is 63.6 Å². The fourth-order valence-corrected chi connectivity index (χ4v) is 2.48. The van der Waals surface area contributed by atoms with E-state index >= 15 is 0 Å². The number of carbonyl (C=O) groups excluding carboxylic acids is 2. The molecule has 2 aromatic rings. The molecule has 130 valence electrons. The largest absolute Gasteiger partial charge is 0.496 e. The summed E-state index contributed by atoms with van der Waals surface area (Å²) in [4.78, 5) is 23.2. The number of rotatable bonds is 7. The van der Waals surface area contributed by atoms with Gasteiger partial charge in [0, 0.05) is 16.1 Å². The van der Waals surface area contributed by atoms with Crippen molar-refractivity contribution < 1.29 is 19.1 Å². The Labute approximate surface area is 154 Å². The molecule has 0 aromatic heterocycles. The number of amides is 1. The Balaban J connectivity index is 2.20. The second-order valence-corrected chi connectivity index (χ2v) is 5.82. The van der Waals surface area contributed by atoms with Crippen LogP contribution in [0.1, 0.15) is 15.9 Å². The first-order valence-electron chi connectivity index (χ1n) is 7.17. The molecule has 25 heavy (non-hydrogen) atoms. The van der Waals surface area contributed by atoms with E-state index in [0.717, 1.165) is 0 Å². The number of methoxy groups -OCH3 is 1. The first-order valence-corrected chi connectivity index (χ1v) is 7.93. The van der Waals surface area contributed by atoms with Crippen molar-refractivity contribution in [3.8, 4) is 11.5 Å². The average molecular weight is 380 g/mol. The average Bonchev–Trinajstić information content (AvgIpc) is 2.58. The lowest BCUT2D eigenvalue weighted by Gasteiger charge is -2.09. The van der Waals surface area contributed by atoms with Crippen molar-refractivity contribution in [2.45, 2.75) is 0 Å². The zero-order valence-electron chi connectivity index (χ0n) is 13.3. The van der Waals surface area contributed by atoms with Gasteiger partial charge in [0.2, 0.25) is 0 Å². The minimum Gasteiger partial charge on any atom is -0.496 e. The van der Waals surface area contributed by atoms with Gasteiger partial charge in [-0.2, -0.15) is 0 Å². The van der Waals surface area contributed by atoms with Crippen LogP contribution in [0, 0.1) is 0 Å². The number of hydrogen-bond acceptors (Lipinski definition) is 4. The molecule has 0 saturated carbocycles. The monoisotopic (exact) mass is 379 g/mol. The number of allylic oxidation sites excluding steroid dienone is 1. The molecule has 5 nitrogen and oxygen atoms in total. The van der Waals surface area contributed by atoms with Crippen LogP contribution in [-0.2, 0) is 4.79 Å². The van der Waals surface area contributed by atoms with Crippen LogP contribution in [0.3, 0.4) is 0 Å². The Bertz CT molecular complexity index is 834. The van der Waals surface area contributed by atoms with Gasteiger partial charge in [-0.05, 0) is 42.0 Å². The lowest BCUT2D eigenvalue weighted by atomic mass is 10.1. The van der Waals surface area contributed by atoms with Gasteiger partial charge in [-0.15, -0.1) is 0 Å². The second kappa shape index (κ2) is 8.55. The highest BCUT2D eigenvalue weighted by molar-refractivity contribution is 6.35. The lowest BCUT2D eigenvalue weighted by Crippen LogP contribution is -2.20. The quantitative estimate of drug-likeness (QED) is 0.586. The van der Waals surface area contributed by atoms with Crippen molar-refractivity contribution in [3.63, 3.8) is 0 Å². The van der Waals surface area contributed by atoms with Crippen LogP contribution in [0.4, 0.5) is 0 Å². The van der Waals surface area contributed by atoms with E-state index in [4.69, 9.17) is 38.4 Å². The maximum absolute atomic E-state index is 12.4. The lowest BCUT2D eigenvalue weighted by molar-refractivity contribution is -0.119. The molecule has 2 rings (SSSR count). The SMILES string of the molecule is COc1cc(OCC(N)=O)ccc1C(=O)/C=C/c1ccc(Cl)cc1Cl. The van der Waals surface area contributed by atoms with Crippen molar-refractivity contribution in [2.24, 2.45) is 5.73 Å². The predicted octanol–water partition coefficient (Wildman–Crippen LogP) is 3.76. The van der Waals surface area contributed by atoms with Crippen molar-refractivity contribution in [1.82, 2.24) is 0 Å². The molecular formula is C18H15Cl2NO4. The number of halogens is 2. The maximum atomic E-state index is 12.4. The minimum atomic E-state index is -0.595. The summed E-state index contributed by atoms with van der Waals surface area (Å²) >= 11 is 11.9. The summed E-state index contributed by atoms with van der Waals surface area (Å²) in [6, 6.07) is 9.61. The molecule has 0 atom stereocenters.